The highest BCUT2D eigenvalue weighted by Gasteiger charge is 2.02. The van der Waals surface area contributed by atoms with E-state index < -0.39 is 0 Å². The van der Waals surface area contributed by atoms with Gasteiger partial charge in [-0.15, -0.1) is 0 Å². The summed E-state index contributed by atoms with van der Waals surface area (Å²) in [7, 11) is 0. The Hall–Kier alpha value is -2.12. The predicted octanol–water partition coefficient (Wildman–Crippen LogP) is 4.75. The molecule has 0 bridgehead atoms. The highest BCUT2D eigenvalue weighted by Crippen LogP contribution is 2.18. The smallest absolute Gasteiger partial charge is 0.0214 e. The van der Waals surface area contributed by atoms with Crippen LogP contribution in [0.4, 0.5) is 0 Å². The maximum absolute atomic E-state index is 3.58. The van der Waals surface area contributed by atoms with Crippen LogP contribution in [-0.4, -0.2) is 0 Å². The Morgan fingerprint density at radius 1 is 0.762 bits per heavy atom. The lowest BCUT2D eigenvalue weighted by Crippen LogP contribution is -2.13. The molecule has 0 aromatic heterocycles. The molecule has 0 heterocycles. The second-order valence-corrected chi connectivity index (χ2v) is 5.67. The Kier molecular flexibility index (Phi) is 4.03. The maximum Gasteiger partial charge on any atom is 0.0214 e. The Labute approximate surface area is 126 Å². The van der Waals surface area contributed by atoms with E-state index in [2.05, 4.69) is 79.8 Å². The molecule has 0 aliphatic heterocycles. The van der Waals surface area contributed by atoms with Gasteiger partial charge in [-0.05, 0) is 41.3 Å². The monoisotopic (exact) mass is 275 g/mol. The van der Waals surface area contributed by atoms with Crippen molar-refractivity contribution >= 4 is 10.8 Å². The SMILES string of the molecule is Cc1ccc(C)c(CNCc2cccc3ccccc23)c1. The average Bonchev–Trinajstić information content (AvgIpc) is 2.51. The Morgan fingerprint density at radius 3 is 2.43 bits per heavy atom. The maximum atomic E-state index is 3.58. The molecule has 0 radical (unpaired) electrons. The van der Waals surface area contributed by atoms with Gasteiger partial charge in [0.15, 0.2) is 0 Å². The summed E-state index contributed by atoms with van der Waals surface area (Å²) < 4.78 is 0. The Balaban J connectivity index is 1.74. The number of hydrogen-bond donors (Lipinski definition) is 1. The van der Waals surface area contributed by atoms with Crippen LogP contribution in [0.5, 0.6) is 0 Å². The number of rotatable bonds is 4. The molecule has 1 heteroatoms. The molecular weight excluding hydrogens is 254 g/mol. The first kappa shape index (κ1) is 13.8. The van der Waals surface area contributed by atoms with Gasteiger partial charge in [-0.25, -0.2) is 0 Å². The van der Waals surface area contributed by atoms with E-state index in [9.17, 15) is 0 Å². The van der Waals surface area contributed by atoms with E-state index in [1.54, 1.807) is 0 Å². The van der Waals surface area contributed by atoms with Gasteiger partial charge in [-0.3, -0.25) is 0 Å². The summed E-state index contributed by atoms with van der Waals surface area (Å²) in [5, 5.41) is 6.23. The number of nitrogens with one attached hydrogen (secondary N) is 1. The predicted molar refractivity (Wildman–Crippen MR) is 90.4 cm³/mol. The second-order valence-electron chi connectivity index (χ2n) is 5.67. The van der Waals surface area contributed by atoms with Crippen molar-refractivity contribution in [2.45, 2.75) is 26.9 Å². The minimum absolute atomic E-state index is 0.898. The standard InChI is InChI=1S/C20H21N/c1-15-10-11-16(2)19(12-15)14-21-13-18-8-5-7-17-6-3-4-9-20(17)18/h3-12,21H,13-14H2,1-2H3. The third kappa shape index (κ3) is 3.14. The van der Waals surface area contributed by atoms with Crippen molar-refractivity contribution < 1.29 is 0 Å². The fourth-order valence-corrected chi connectivity index (χ4v) is 2.77. The molecule has 0 fully saturated rings. The van der Waals surface area contributed by atoms with Crippen molar-refractivity contribution in [3.8, 4) is 0 Å². The number of fused-ring (bicyclic) bond motifs is 1. The quantitative estimate of drug-likeness (QED) is 0.724. The van der Waals surface area contributed by atoms with Crippen LogP contribution in [0.2, 0.25) is 0 Å². The van der Waals surface area contributed by atoms with Gasteiger partial charge in [0, 0.05) is 13.1 Å². The largest absolute Gasteiger partial charge is 0.309 e. The van der Waals surface area contributed by atoms with E-state index in [-0.39, 0.29) is 0 Å². The highest BCUT2D eigenvalue weighted by molar-refractivity contribution is 5.85. The van der Waals surface area contributed by atoms with Gasteiger partial charge in [0.25, 0.3) is 0 Å². The van der Waals surface area contributed by atoms with E-state index >= 15 is 0 Å². The minimum atomic E-state index is 0.898. The van der Waals surface area contributed by atoms with Crippen molar-refractivity contribution in [1.29, 1.82) is 0 Å². The highest BCUT2D eigenvalue weighted by atomic mass is 14.8. The molecule has 3 rings (SSSR count). The van der Waals surface area contributed by atoms with E-state index in [1.807, 2.05) is 0 Å². The van der Waals surface area contributed by atoms with Gasteiger partial charge in [0.2, 0.25) is 0 Å². The molecule has 0 aliphatic rings. The molecule has 1 nitrogen and oxygen atoms in total. The molecule has 1 N–H and O–H groups in total. The van der Waals surface area contributed by atoms with E-state index in [0.29, 0.717) is 0 Å². The first-order valence-electron chi connectivity index (χ1n) is 7.47. The number of hydrogen-bond acceptors (Lipinski definition) is 1. The molecule has 0 aliphatic carbocycles. The van der Waals surface area contributed by atoms with E-state index in [4.69, 9.17) is 0 Å². The molecule has 3 aromatic carbocycles. The van der Waals surface area contributed by atoms with Crippen molar-refractivity contribution in [2.75, 3.05) is 0 Å². The van der Waals surface area contributed by atoms with E-state index in [1.165, 1.54) is 33.0 Å². The molecule has 3 aromatic rings. The third-order valence-corrected chi connectivity index (χ3v) is 4.02. The average molecular weight is 275 g/mol. The lowest BCUT2D eigenvalue weighted by Gasteiger charge is -2.11. The van der Waals surface area contributed by atoms with Gasteiger partial charge in [-0.2, -0.15) is 0 Å². The van der Waals surface area contributed by atoms with Crippen LogP contribution in [0.3, 0.4) is 0 Å². The summed E-state index contributed by atoms with van der Waals surface area (Å²) >= 11 is 0. The molecule has 21 heavy (non-hydrogen) atoms. The zero-order chi connectivity index (χ0) is 14.7. The normalized spacial score (nSPS) is 11.0. The van der Waals surface area contributed by atoms with Crippen LogP contribution in [0.25, 0.3) is 10.8 Å². The van der Waals surface area contributed by atoms with Crippen molar-refractivity contribution in [3.63, 3.8) is 0 Å². The van der Waals surface area contributed by atoms with Gasteiger partial charge in [0.05, 0.1) is 0 Å². The summed E-state index contributed by atoms with van der Waals surface area (Å²) in [5.74, 6) is 0. The molecule has 0 spiro atoms. The first-order valence-corrected chi connectivity index (χ1v) is 7.47. The minimum Gasteiger partial charge on any atom is -0.309 e. The number of aryl methyl sites for hydroxylation is 2. The van der Waals surface area contributed by atoms with Crippen LogP contribution < -0.4 is 5.32 Å². The van der Waals surface area contributed by atoms with Gasteiger partial charge in [-0.1, -0.05) is 66.2 Å². The van der Waals surface area contributed by atoms with Crippen molar-refractivity contribution in [2.24, 2.45) is 0 Å². The topological polar surface area (TPSA) is 12.0 Å². The van der Waals surface area contributed by atoms with E-state index in [0.717, 1.165) is 13.1 Å². The van der Waals surface area contributed by atoms with Gasteiger partial charge < -0.3 is 5.32 Å². The van der Waals surface area contributed by atoms with Crippen LogP contribution in [0.15, 0.2) is 60.7 Å². The second kappa shape index (κ2) is 6.11. The lowest BCUT2D eigenvalue weighted by molar-refractivity contribution is 0.693. The summed E-state index contributed by atoms with van der Waals surface area (Å²) in [6.45, 7) is 6.13. The summed E-state index contributed by atoms with van der Waals surface area (Å²) in [4.78, 5) is 0. The molecule has 0 saturated carbocycles. The van der Waals surface area contributed by atoms with Crippen LogP contribution in [-0.2, 0) is 13.1 Å². The zero-order valence-corrected chi connectivity index (χ0v) is 12.7. The molecular formula is C20H21N. The van der Waals surface area contributed by atoms with Crippen LogP contribution >= 0.6 is 0 Å². The van der Waals surface area contributed by atoms with Gasteiger partial charge in [0.1, 0.15) is 0 Å². The van der Waals surface area contributed by atoms with Crippen LogP contribution in [0.1, 0.15) is 22.3 Å². The van der Waals surface area contributed by atoms with Crippen molar-refractivity contribution in [1.82, 2.24) is 5.32 Å². The Morgan fingerprint density at radius 2 is 1.52 bits per heavy atom. The molecule has 0 amide bonds. The fourth-order valence-electron chi connectivity index (χ4n) is 2.77. The molecule has 0 saturated heterocycles. The van der Waals surface area contributed by atoms with Crippen LogP contribution in [0, 0.1) is 13.8 Å². The zero-order valence-electron chi connectivity index (χ0n) is 12.7. The molecule has 0 atom stereocenters. The molecule has 0 unspecified atom stereocenters. The summed E-state index contributed by atoms with van der Waals surface area (Å²) in [5.41, 5.74) is 5.42. The van der Waals surface area contributed by atoms with Crippen molar-refractivity contribution in [3.05, 3.63) is 82.9 Å². The van der Waals surface area contributed by atoms with Gasteiger partial charge >= 0.3 is 0 Å². The lowest BCUT2D eigenvalue weighted by atomic mass is 10.0. The number of benzene rings is 3. The summed E-state index contributed by atoms with van der Waals surface area (Å²) in [6, 6.07) is 21.7. The first-order chi connectivity index (χ1) is 10.2. The Bertz CT molecular complexity index is 753. The molecule has 106 valence electrons. The fraction of sp³-hybridized carbons (Fsp3) is 0.200. The third-order valence-electron chi connectivity index (χ3n) is 4.02. The summed E-state index contributed by atoms with van der Waals surface area (Å²) in [6.07, 6.45) is 0.